The summed E-state index contributed by atoms with van der Waals surface area (Å²) < 4.78 is 71.6. The first-order valence-electron chi connectivity index (χ1n) is 6.89. The Labute approximate surface area is 142 Å². The first kappa shape index (κ1) is 18.8. The van der Waals surface area contributed by atoms with Crippen LogP contribution < -0.4 is 4.18 Å². The van der Waals surface area contributed by atoms with Crippen LogP contribution in [0.5, 0.6) is 5.75 Å². The Morgan fingerprint density at radius 1 is 1.08 bits per heavy atom. The summed E-state index contributed by atoms with van der Waals surface area (Å²) >= 11 is 0. The molecule has 5 nitrogen and oxygen atoms in total. The van der Waals surface area contributed by atoms with Gasteiger partial charge in [0.25, 0.3) is 0 Å². The van der Waals surface area contributed by atoms with Gasteiger partial charge in [-0.25, -0.2) is 0 Å². The second kappa shape index (κ2) is 7.14. The minimum absolute atomic E-state index is 0.00282. The summed E-state index contributed by atoms with van der Waals surface area (Å²) in [5, 5.41) is 0. The van der Waals surface area contributed by atoms with E-state index in [0.717, 1.165) is 18.2 Å². The van der Waals surface area contributed by atoms with E-state index in [1.54, 1.807) is 0 Å². The number of carbonyl (C=O) groups is 1. The molecule has 0 heterocycles. The lowest BCUT2D eigenvalue weighted by atomic mass is 10.1. The maximum atomic E-state index is 12.7. The SMILES string of the molecule is COC(=O)Cc1ccc(OS(=O)(=O)c2cccc(C(F)(F)F)c2)cc1. The van der Waals surface area contributed by atoms with Crippen LogP contribution >= 0.6 is 0 Å². The van der Waals surface area contributed by atoms with Crippen LogP contribution in [0.15, 0.2) is 53.4 Å². The van der Waals surface area contributed by atoms with E-state index in [4.69, 9.17) is 4.18 Å². The minimum atomic E-state index is -4.67. The smallest absolute Gasteiger partial charge is 0.416 e. The highest BCUT2D eigenvalue weighted by atomic mass is 32.2. The van der Waals surface area contributed by atoms with Crippen molar-refractivity contribution in [2.24, 2.45) is 0 Å². The van der Waals surface area contributed by atoms with Crippen molar-refractivity contribution in [2.75, 3.05) is 7.11 Å². The Hall–Kier alpha value is -2.55. The average molecular weight is 374 g/mol. The highest BCUT2D eigenvalue weighted by Crippen LogP contribution is 2.31. The van der Waals surface area contributed by atoms with Gasteiger partial charge in [-0.2, -0.15) is 21.6 Å². The summed E-state index contributed by atoms with van der Waals surface area (Å²) in [4.78, 5) is 10.5. The lowest BCUT2D eigenvalue weighted by molar-refractivity contribution is -0.140. The van der Waals surface area contributed by atoms with Crippen molar-refractivity contribution >= 4 is 16.1 Å². The third kappa shape index (κ3) is 4.96. The molecule has 25 heavy (non-hydrogen) atoms. The van der Waals surface area contributed by atoms with E-state index in [1.165, 1.54) is 31.4 Å². The molecule has 9 heteroatoms. The van der Waals surface area contributed by atoms with Gasteiger partial charge in [0.1, 0.15) is 10.6 Å². The van der Waals surface area contributed by atoms with Gasteiger partial charge in [-0.3, -0.25) is 4.79 Å². The number of hydrogen-bond acceptors (Lipinski definition) is 5. The number of alkyl halides is 3. The van der Waals surface area contributed by atoms with Crippen LogP contribution in [0.2, 0.25) is 0 Å². The van der Waals surface area contributed by atoms with E-state index in [0.29, 0.717) is 11.6 Å². The highest BCUT2D eigenvalue weighted by molar-refractivity contribution is 7.87. The summed E-state index contributed by atoms with van der Waals surface area (Å²) in [6.07, 6.45) is -4.67. The largest absolute Gasteiger partial charge is 0.469 e. The predicted octanol–water partition coefficient (Wildman–Crippen LogP) is 3.19. The fourth-order valence-electron chi connectivity index (χ4n) is 1.90. The number of carbonyl (C=O) groups excluding carboxylic acids is 1. The second-order valence-corrected chi connectivity index (χ2v) is 6.51. The van der Waals surface area contributed by atoms with Gasteiger partial charge in [-0.05, 0) is 35.9 Å². The van der Waals surface area contributed by atoms with E-state index >= 15 is 0 Å². The van der Waals surface area contributed by atoms with Crippen LogP contribution in [-0.2, 0) is 32.2 Å². The Morgan fingerprint density at radius 2 is 1.72 bits per heavy atom. The summed E-state index contributed by atoms with van der Waals surface area (Å²) in [5.74, 6) is -0.559. The molecule has 0 fully saturated rings. The molecule has 0 aliphatic carbocycles. The van der Waals surface area contributed by atoms with Gasteiger partial charge < -0.3 is 8.92 Å². The topological polar surface area (TPSA) is 69.7 Å². The first-order chi connectivity index (χ1) is 11.6. The van der Waals surface area contributed by atoms with Crippen LogP contribution in [-0.4, -0.2) is 21.5 Å². The number of hydrogen-bond donors (Lipinski definition) is 0. The van der Waals surface area contributed by atoms with Crippen LogP contribution in [0.25, 0.3) is 0 Å². The molecule has 2 aromatic carbocycles. The third-order valence-electron chi connectivity index (χ3n) is 3.16. The standard InChI is InChI=1S/C16H13F3O5S/c1-23-15(20)9-11-5-7-13(8-6-11)24-25(21,22)14-4-2-3-12(10-14)16(17,18)19/h2-8,10H,9H2,1H3. The summed E-state index contributed by atoms with van der Waals surface area (Å²) in [6, 6.07) is 8.75. The van der Waals surface area contributed by atoms with Gasteiger partial charge in [0, 0.05) is 0 Å². The van der Waals surface area contributed by atoms with Crippen molar-refractivity contribution in [1.82, 2.24) is 0 Å². The molecular weight excluding hydrogens is 361 g/mol. The average Bonchev–Trinajstić information content (AvgIpc) is 2.55. The van der Waals surface area contributed by atoms with E-state index < -0.39 is 32.7 Å². The monoisotopic (exact) mass is 374 g/mol. The van der Waals surface area contributed by atoms with E-state index in [-0.39, 0.29) is 12.2 Å². The lowest BCUT2D eigenvalue weighted by Gasteiger charge is -2.10. The molecule has 0 atom stereocenters. The zero-order valence-corrected chi connectivity index (χ0v) is 13.7. The van der Waals surface area contributed by atoms with Crippen LogP contribution in [0.4, 0.5) is 13.2 Å². The van der Waals surface area contributed by atoms with E-state index in [9.17, 15) is 26.4 Å². The molecule has 0 bridgehead atoms. The van der Waals surface area contributed by atoms with Gasteiger partial charge in [0.2, 0.25) is 0 Å². The number of halogens is 3. The second-order valence-electron chi connectivity index (χ2n) is 4.96. The molecule has 2 aromatic rings. The number of benzene rings is 2. The summed E-state index contributed by atoms with van der Waals surface area (Å²) in [7, 11) is -3.19. The Kier molecular flexibility index (Phi) is 5.36. The summed E-state index contributed by atoms with van der Waals surface area (Å²) in [6.45, 7) is 0. The molecular formula is C16H13F3O5S. The molecule has 2 rings (SSSR count). The normalized spacial score (nSPS) is 11.8. The maximum absolute atomic E-state index is 12.7. The number of rotatable bonds is 5. The molecule has 0 saturated heterocycles. The molecule has 0 amide bonds. The molecule has 134 valence electrons. The van der Waals surface area contributed by atoms with Gasteiger partial charge in [-0.15, -0.1) is 0 Å². The predicted molar refractivity (Wildman–Crippen MR) is 81.4 cm³/mol. The molecule has 0 aliphatic rings. The number of methoxy groups -OCH3 is 1. The van der Waals surface area contributed by atoms with E-state index in [2.05, 4.69) is 4.74 Å². The van der Waals surface area contributed by atoms with Gasteiger partial charge >= 0.3 is 22.3 Å². The third-order valence-corrected chi connectivity index (χ3v) is 4.40. The fourth-order valence-corrected chi connectivity index (χ4v) is 2.88. The Morgan fingerprint density at radius 3 is 2.28 bits per heavy atom. The molecule has 0 radical (unpaired) electrons. The van der Waals surface area contributed by atoms with Crippen LogP contribution in [0.1, 0.15) is 11.1 Å². The Balaban J connectivity index is 2.20. The molecule has 0 saturated carbocycles. The lowest BCUT2D eigenvalue weighted by Crippen LogP contribution is -2.12. The van der Waals surface area contributed by atoms with Crippen molar-refractivity contribution in [1.29, 1.82) is 0 Å². The minimum Gasteiger partial charge on any atom is -0.469 e. The van der Waals surface area contributed by atoms with Crippen molar-refractivity contribution in [2.45, 2.75) is 17.5 Å². The van der Waals surface area contributed by atoms with Gasteiger partial charge in [0.15, 0.2) is 0 Å². The molecule has 0 unspecified atom stereocenters. The molecule has 0 spiro atoms. The Bertz CT molecular complexity index is 858. The quantitative estimate of drug-likeness (QED) is 0.594. The molecule has 0 N–H and O–H groups in total. The van der Waals surface area contributed by atoms with Crippen molar-refractivity contribution in [3.63, 3.8) is 0 Å². The first-order valence-corrected chi connectivity index (χ1v) is 8.30. The highest BCUT2D eigenvalue weighted by Gasteiger charge is 2.32. The molecule has 0 aromatic heterocycles. The van der Waals surface area contributed by atoms with Crippen LogP contribution in [0.3, 0.4) is 0 Å². The number of ether oxygens (including phenoxy) is 1. The zero-order chi connectivity index (χ0) is 18.7. The van der Waals surface area contributed by atoms with Crippen LogP contribution in [0, 0.1) is 0 Å². The van der Waals surface area contributed by atoms with Gasteiger partial charge in [-0.1, -0.05) is 18.2 Å². The fraction of sp³-hybridized carbons (Fsp3) is 0.188. The van der Waals surface area contributed by atoms with Crippen molar-refractivity contribution in [3.8, 4) is 5.75 Å². The van der Waals surface area contributed by atoms with Crippen molar-refractivity contribution < 1.29 is 35.3 Å². The maximum Gasteiger partial charge on any atom is 0.416 e. The summed E-state index contributed by atoms with van der Waals surface area (Å²) in [5.41, 5.74) is -0.527. The molecule has 0 aliphatic heterocycles. The van der Waals surface area contributed by atoms with Gasteiger partial charge in [0.05, 0.1) is 19.1 Å². The number of esters is 1. The van der Waals surface area contributed by atoms with E-state index in [1.807, 2.05) is 0 Å². The van der Waals surface area contributed by atoms with Crippen molar-refractivity contribution in [3.05, 3.63) is 59.7 Å². The zero-order valence-electron chi connectivity index (χ0n) is 12.9.